The molecule has 0 radical (unpaired) electrons. The van der Waals surface area contributed by atoms with Crippen LogP contribution in [0.2, 0.25) is 0 Å². The van der Waals surface area contributed by atoms with Gasteiger partial charge >= 0.3 is 0 Å². The molecule has 0 aliphatic carbocycles. The van der Waals surface area contributed by atoms with E-state index in [0.717, 1.165) is 0 Å². The molecule has 2 aliphatic heterocycles. The molecule has 8 nitrogen and oxygen atoms in total. The topological polar surface area (TPSA) is 102 Å². The molecule has 2 aromatic rings. The summed E-state index contributed by atoms with van der Waals surface area (Å²) in [5.41, 5.74) is 1.39. The maximum absolute atomic E-state index is 13.2. The Balaban J connectivity index is 1.56. The molecule has 0 spiro atoms. The van der Waals surface area contributed by atoms with Crippen LogP contribution in [0, 0.1) is 0 Å². The summed E-state index contributed by atoms with van der Waals surface area (Å²) >= 11 is 0. The number of fused-ring (bicyclic) bond motifs is 1. The smallest absolute Gasteiger partial charge is 0.257 e. The summed E-state index contributed by atoms with van der Waals surface area (Å²) in [6, 6.07) is 14.5. The molecule has 2 aromatic carbocycles. The fraction of sp³-hybridized carbons (Fsp3) is 0.381. The fourth-order valence-corrected chi connectivity index (χ4v) is 4.73. The Morgan fingerprint density at radius 3 is 2.60 bits per heavy atom. The minimum absolute atomic E-state index is 0.0640. The normalized spacial score (nSPS) is 22.4. The van der Waals surface area contributed by atoms with E-state index in [1.165, 1.54) is 30.9 Å². The fourth-order valence-electron chi connectivity index (χ4n) is 4.19. The molecule has 9 heteroatoms. The molecule has 160 valence electrons. The van der Waals surface area contributed by atoms with Crippen LogP contribution in [-0.2, 0) is 14.8 Å². The van der Waals surface area contributed by atoms with Crippen LogP contribution in [0.4, 0.5) is 0 Å². The number of hydrogen-bond donors (Lipinski definition) is 1. The third-order valence-corrected chi connectivity index (χ3v) is 6.63. The van der Waals surface area contributed by atoms with Crippen LogP contribution in [0.5, 0.6) is 5.75 Å². The predicted octanol–water partition coefficient (Wildman–Crippen LogP) is 1.24. The van der Waals surface area contributed by atoms with Crippen LogP contribution in [0.1, 0.15) is 22.0 Å². The van der Waals surface area contributed by atoms with Crippen LogP contribution in [0.15, 0.2) is 53.4 Å². The number of ether oxygens (including phenoxy) is 2. The number of benzene rings is 2. The number of amides is 1. The van der Waals surface area contributed by atoms with E-state index in [0.29, 0.717) is 38.6 Å². The second kappa shape index (κ2) is 8.35. The van der Waals surface area contributed by atoms with Gasteiger partial charge in [0.2, 0.25) is 10.0 Å². The predicted molar refractivity (Wildman–Crippen MR) is 111 cm³/mol. The van der Waals surface area contributed by atoms with Crippen molar-refractivity contribution >= 4 is 15.9 Å². The number of nitrogens with zero attached hydrogens (tertiary/aromatic N) is 2. The number of methoxy groups -OCH3 is 1. The van der Waals surface area contributed by atoms with E-state index < -0.39 is 10.0 Å². The van der Waals surface area contributed by atoms with Gasteiger partial charge in [-0.1, -0.05) is 30.3 Å². The molecule has 2 atom stereocenters. The number of primary sulfonamides is 1. The lowest BCUT2D eigenvalue weighted by Gasteiger charge is -2.48. The zero-order valence-electron chi connectivity index (χ0n) is 16.7. The largest absolute Gasteiger partial charge is 0.496 e. The van der Waals surface area contributed by atoms with Crippen molar-refractivity contribution < 1.29 is 22.7 Å². The van der Waals surface area contributed by atoms with E-state index in [4.69, 9.17) is 14.6 Å². The first-order chi connectivity index (χ1) is 14.4. The Bertz CT molecular complexity index is 1030. The highest BCUT2D eigenvalue weighted by Crippen LogP contribution is 2.31. The summed E-state index contributed by atoms with van der Waals surface area (Å²) in [6.07, 6.45) is 0. The summed E-state index contributed by atoms with van der Waals surface area (Å²) in [7, 11) is -2.48. The minimum Gasteiger partial charge on any atom is -0.496 e. The van der Waals surface area contributed by atoms with E-state index in [9.17, 15) is 13.2 Å². The van der Waals surface area contributed by atoms with Crippen LogP contribution < -0.4 is 9.88 Å². The van der Waals surface area contributed by atoms with Crippen LogP contribution in [0.25, 0.3) is 0 Å². The SMILES string of the molecule is COc1ccc(S(N)(=O)=O)cc1C(=O)N1CCN2[C@@H](COC[C@@H]2c2ccccc2)C1. The highest BCUT2D eigenvalue weighted by atomic mass is 32.2. The molecule has 2 aliphatic rings. The Kier molecular flexibility index (Phi) is 5.79. The van der Waals surface area contributed by atoms with Crippen molar-refractivity contribution in [2.75, 3.05) is 40.0 Å². The number of carbonyl (C=O) groups excluding carboxylic acids is 1. The lowest BCUT2D eigenvalue weighted by molar-refractivity contribution is -0.0770. The zero-order valence-corrected chi connectivity index (χ0v) is 17.5. The van der Waals surface area contributed by atoms with E-state index >= 15 is 0 Å². The first-order valence-corrected chi connectivity index (χ1v) is 11.3. The van der Waals surface area contributed by atoms with Gasteiger partial charge in [0.1, 0.15) is 5.75 Å². The molecule has 30 heavy (non-hydrogen) atoms. The van der Waals surface area contributed by atoms with Crippen molar-refractivity contribution in [3.05, 3.63) is 59.7 Å². The molecular weight excluding hydrogens is 406 g/mol. The van der Waals surface area contributed by atoms with Gasteiger partial charge in [-0.05, 0) is 23.8 Å². The van der Waals surface area contributed by atoms with E-state index in [1.807, 2.05) is 18.2 Å². The molecule has 2 N–H and O–H groups in total. The first kappa shape index (κ1) is 20.8. The van der Waals surface area contributed by atoms with Crippen LogP contribution >= 0.6 is 0 Å². The number of nitrogens with two attached hydrogens (primary N) is 1. The number of rotatable bonds is 4. The van der Waals surface area contributed by atoms with Crippen molar-refractivity contribution in [3.8, 4) is 5.75 Å². The van der Waals surface area contributed by atoms with Crippen molar-refractivity contribution in [3.63, 3.8) is 0 Å². The maximum atomic E-state index is 13.2. The lowest BCUT2D eigenvalue weighted by Crippen LogP contribution is -2.60. The maximum Gasteiger partial charge on any atom is 0.257 e. The third kappa shape index (κ3) is 4.06. The van der Waals surface area contributed by atoms with Crippen molar-refractivity contribution in [2.45, 2.75) is 17.0 Å². The lowest BCUT2D eigenvalue weighted by atomic mass is 10.00. The highest BCUT2D eigenvalue weighted by molar-refractivity contribution is 7.89. The van der Waals surface area contributed by atoms with E-state index in [-0.39, 0.29) is 28.4 Å². The minimum atomic E-state index is -3.93. The second-order valence-corrected chi connectivity index (χ2v) is 9.08. The van der Waals surface area contributed by atoms with Crippen molar-refractivity contribution in [1.29, 1.82) is 0 Å². The molecule has 2 fully saturated rings. The third-order valence-electron chi connectivity index (χ3n) is 5.72. The molecular formula is C21H25N3O5S. The average molecular weight is 432 g/mol. The molecule has 0 unspecified atom stereocenters. The molecule has 2 heterocycles. The van der Waals surface area contributed by atoms with Gasteiger partial charge in [-0.25, -0.2) is 13.6 Å². The molecule has 2 saturated heterocycles. The molecule has 0 saturated carbocycles. The van der Waals surface area contributed by atoms with Crippen LogP contribution in [-0.4, -0.2) is 70.1 Å². The first-order valence-electron chi connectivity index (χ1n) is 9.77. The molecule has 0 aromatic heterocycles. The Labute approximate surface area is 176 Å². The van der Waals surface area contributed by atoms with Gasteiger partial charge in [0.05, 0.1) is 42.9 Å². The van der Waals surface area contributed by atoms with E-state index in [1.54, 1.807) is 4.90 Å². The average Bonchev–Trinajstić information content (AvgIpc) is 2.77. The van der Waals surface area contributed by atoms with Gasteiger partial charge in [-0.2, -0.15) is 0 Å². The quantitative estimate of drug-likeness (QED) is 0.782. The summed E-state index contributed by atoms with van der Waals surface area (Å²) < 4.78 is 34.6. The summed E-state index contributed by atoms with van der Waals surface area (Å²) in [4.78, 5) is 17.2. The van der Waals surface area contributed by atoms with Gasteiger partial charge in [-0.3, -0.25) is 9.69 Å². The number of morpholine rings is 1. The van der Waals surface area contributed by atoms with Crippen molar-refractivity contribution in [2.24, 2.45) is 5.14 Å². The highest BCUT2D eigenvalue weighted by Gasteiger charge is 2.38. The van der Waals surface area contributed by atoms with Gasteiger partial charge < -0.3 is 14.4 Å². The van der Waals surface area contributed by atoms with Gasteiger partial charge in [0.25, 0.3) is 5.91 Å². The Morgan fingerprint density at radius 2 is 1.90 bits per heavy atom. The van der Waals surface area contributed by atoms with Gasteiger partial charge in [0, 0.05) is 19.6 Å². The van der Waals surface area contributed by atoms with Crippen LogP contribution in [0.3, 0.4) is 0 Å². The number of carbonyl (C=O) groups is 1. The standard InChI is InChI=1S/C21H25N3O5S/c1-28-20-8-7-17(30(22,26)27)11-18(20)21(25)23-9-10-24-16(12-23)13-29-14-19(24)15-5-3-2-4-6-15/h2-8,11,16,19H,9-10,12-14H2,1H3,(H2,22,26,27)/t16-,19-/m1/s1. The summed E-state index contributed by atoms with van der Waals surface area (Å²) in [5, 5.41) is 5.24. The van der Waals surface area contributed by atoms with E-state index in [2.05, 4.69) is 17.0 Å². The van der Waals surface area contributed by atoms with Crippen molar-refractivity contribution in [1.82, 2.24) is 9.80 Å². The Hall–Kier alpha value is -2.46. The summed E-state index contributed by atoms with van der Waals surface area (Å²) in [5.74, 6) is 0.0377. The number of sulfonamides is 1. The number of piperazine rings is 1. The Morgan fingerprint density at radius 1 is 1.13 bits per heavy atom. The molecule has 4 rings (SSSR count). The monoisotopic (exact) mass is 431 g/mol. The molecule has 1 amide bonds. The van der Waals surface area contributed by atoms with Gasteiger partial charge in [-0.15, -0.1) is 0 Å². The second-order valence-electron chi connectivity index (χ2n) is 7.51. The molecule has 0 bridgehead atoms. The zero-order chi connectivity index (χ0) is 21.3. The summed E-state index contributed by atoms with van der Waals surface area (Å²) in [6.45, 7) is 2.89. The number of hydrogen-bond acceptors (Lipinski definition) is 6. The van der Waals surface area contributed by atoms with Gasteiger partial charge in [0.15, 0.2) is 0 Å².